The molecule has 0 radical (unpaired) electrons. The molecule has 0 saturated heterocycles. The first kappa shape index (κ1) is 19.5. The molecule has 0 amide bonds. The first-order valence-corrected chi connectivity index (χ1v) is 9.20. The molecule has 1 aromatic rings. The number of hydrogen-bond acceptors (Lipinski definition) is 2. The Morgan fingerprint density at radius 3 is 2.17 bits per heavy atom. The highest BCUT2D eigenvalue weighted by molar-refractivity contribution is 5.62. The van der Waals surface area contributed by atoms with Gasteiger partial charge in [-0.05, 0) is 42.9 Å². The number of carboxylic acid groups (broad SMARTS) is 1. The van der Waals surface area contributed by atoms with Gasteiger partial charge < -0.3 is 9.84 Å². The average molecular weight is 320 g/mol. The number of benzene rings is 1. The zero-order valence-corrected chi connectivity index (χ0v) is 14.8. The zero-order valence-electron chi connectivity index (χ0n) is 14.8. The summed E-state index contributed by atoms with van der Waals surface area (Å²) in [6.07, 6.45) is 11.7. The van der Waals surface area contributed by atoms with Crippen molar-refractivity contribution in [1.82, 2.24) is 0 Å². The summed E-state index contributed by atoms with van der Waals surface area (Å²) in [6, 6.07) is 5.82. The molecule has 0 saturated carbocycles. The SMILES string of the molecule is CCCCCCCc1c(CCCCCC)cccc1OC(=O)O. The molecule has 130 valence electrons. The number of unbranched alkanes of at least 4 members (excludes halogenated alkanes) is 7. The van der Waals surface area contributed by atoms with Gasteiger partial charge in [-0.1, -0.05) is 70.9 Å². The lowest BCUT2D eigenvalue weighted by atomic mass is 9.95. The third-order valence-electron chi connectivity index (χ3n) is 4.26. The van der Waals surface area contributed by atoms with Crippen molar-refractivity contribution in [2.24, 2.45) is 0 Å². The third-order valence-corrected chi connectivity index (χ3v) is 4.26. The second-order valence-corrected chi connectivity index (χ2v) is 6.24. The van der Waals surface area contributed by atoms with E-state index in [1.54, 1.807) is 6.07 Å². The van der Waals surface area contributed by atoms with Crippen LogP contribution in [0.3, 0.4) is 0 Å². The van der Waals surface area contributed by atoms with Gasteiger partial charge in [0.05, 0.1) is 0 Å². The highest BCUT2D eigenvalue weighted by Gasteiger charge is 2.12. The van der Waals surface area contributed by atoms with Crippen LogP contribution < -0.4 is 4.74 Å². The molecule has 3 heteroatoms. The number of rotatable bonds is 12. The molecule has 1 aromatic carbocycles. The van der Waals surface area contributed by atoms with E-state index >= 15 is 0 Å². The number of carbonyl (C=O) groups is 1. The highest BCUT2D eigenvalue weighted by Crippen LogP contribution is 2.27. The minimum atomic E-state index is -1.22. The van der Waals surface area contributed by atoms with E-state index in [0.717, 1.165) is 31.2 Å². The Kier molecular flexibility index (Phi) is 10.2. The molecule has 0 aromatic heterocycles. The van der Waals surface area contributed by atoms with E-state index in [0.29, 0.717) is 5.75 Å². The van der Waals surface area contributed by atoms with Gasteiger partial charge in [-0.3, -0.25) is 0 Å². The summed E-state index contributed by atoms with van der Waals surface area (Å²) >= 11 is 0. The molecule has 0 unspecified atom stereocenters. The third kappa shape index (κ3) is 8.06. The highest BCUT2D eigenvalue weighted by atomic mass is 16.7. The second-order valence-electron chi connectivity index (χ2n) is 6.24. The Morgan fingerprint density at radius 2 is 1.52 bits per heavy atom. The largest absolute Gasteiger partial charge is 0.511 e. The number of hydrogen-bond donors (Lipinski definition) is 1. The fourth-order valence-electron chi connectivity index (χ4n) is 2.97. The Bertz CT molecular complexity index is 454. The Labute approximate surface area is 141 Å². The van der Waals surface area contributed by atoms with Crippen LogP contribution in [-0.4, -0.2) is 11.3 Å². The minimum absolute atomic E-state index is 0.529. The molecular formula is C20H32O3. The molecule has 1 rings (SSSR count). The molecule has 0 atom stereocenters. The molecule has 1 N–H and O–H groups in total. The van der Waals surface area contributed by atoms with Crippen LogP contribution in [0.5, 0.6) is 5.75 Å². The van der Waals surface area contributed by atoms with Crippen LogP contribution in [0.1, 0.15) is 82.8 Å². The van der Waals surface area contributed by atoms with Gasteiger partial charge in [0, 0.05) is 0 Å². The summed E-state index contributed by atoms with van der Waals surface area (Å²) in [4.78, 5) is 10.9. The van der Waals surface area contributed by atoms with Crippen molar-refractivity contribution < 1.29 is 14.6 Å². The van der Waals surface area contributed by atoms with Gasteiger partial charge in [0.2, 0.25) is 0 Å². The summed E-state index contributed by atoms with van der Waals surface area (Å²) in [5, 5.41) is 8.95. The fourth-order valence-corrected chi connectivity index (χ4v) is 2.97. The van der Waals surface area contributed by atoms with Gasteiger partial charge in [0.15, 0.2) is 0 Å². The predicted molar refractivity (Wildman–Crippen MR) is 95.4 cm³/mol. The topological polar surface area (TPSA) is 46.5 Å². The molecule has 0 aliphatic rings. The molecular weight excluding hydrogens is 288 g/mol. The predicted octanol–water partition coefficient (Wildman–Crippen LogP) is 6.38. The molecule has 0 aliphatic carbocycles. The van der Waals surface area contributed by atoms with Crippen LogP contribution >= 0.6 is 0 Å². The van der Waals surface area contributed by atoms with Gasteiger partial charge in [-0.25, -0.2) is 4.79 Å². The quantitative estimate of drug-likeness (QED) is 0.276. The molecule has 23 heavy (non-hydrogen) atoms. The maximum atomic E-state index is 10.9. The summed E-state index contributed by atoms with van der Waals surface area (Å²) in [5.41, 5.74) is 2.36. The maximum Gasteiger partial charge on any atom is 0.511 e. The van der Waals surface area contributed by atoms with E-state index < -0.39 is 6.16 Å². The van der Waals surface area contributed by atoms with Crippen LogP contribution in [0.15, 0.2) is 18.2 Å². The Balaban J connectivity index is 2.70. The summed E-state index contributed by atoms with van der Waals surface area (Å²) < 4.78 is 5.01. The van der Waals surface area contributed by atoms with Crippen LogP contribution in [-0.2, 0) is 12.8 Å². The lowest BCUT2D eigenvalue weighted by Gasteiger charge is -2.14. The smallest absolute Gasteiger partial charge is 0.449 e. The van der Waals surface area contributed by atoms with Crippen LogP contribution in [0.2, 0.25) is 0 Å². The number of ether oxygens (including phenoxy) is 1. The Morgan fingerprint density at radius 1 is 0.913 bits per heavy atom. The summed E-state index contributed by atoms with van der Waals surface area (Å²) in [7, 11) is 0. The van der Waals surface area contributed by atoms with Crippen molar-refractivity contribution >= 4 is 6.16 Å². The molecule has 0 fully saturated rings. The van der Waals surface area contributed by atoms with Crippen molar-refractivity contribution in [3.63, 3.8) is 0 Å². The van der Waals surface area contributed by atoms with Crippen molar-refractivity contribution in [3.05, 3.63) is 29.3 Å². The second kappa shape index (κ2) is 12.0. The van der Waals surface area contributed by atoms with E-state index in [2.05, 4.69) is 19.9 Å². The first-order valence-electron chi connectivity index (χ1n) is 9.20. The van der Waals surface area contributed by atoms with Crippen molar-refractivity contribution in [2.45, 2.75) is 84.5 Å². The van der Waals surface area contributed by atoms with Crippen LogP contribution in [0.25, 0.3) is 0 Å². The van der Waals surface area contributed by atoms with Crippen LogP contribution in [0, 0.1) is 0 Å². The molecule has 0 spiro atoms. The van der Waals surface area contributed by atoms with Crippen molar-refractivity contribution in [1.29, 1.82) is 0 Å². The van der Waals surface area contributed by atoms with E-state index in [-0.39, 0.29) is 0 Å². The van der Waals surface area contributed by atoms with Gasteiger partial charge in [0.1, 0.15) is 5.75 Å². The molecule has 0 heterocycles. The fraction of sp³-hybridized carbons (Fsp3) is 0.650. The Hall–Kier alpha value is -1.51. The van der Waals surface area contributed by atoms with Gasteiger partial charge in [-0.2, -0.15) is 0 Å². The van der Waals surface area contributed by atoms with Gasteiger partial charge in [0.25, 0.3) is 0 Å². The van der Waals surface area contributed by atoms with Crippen LogP contribution in [0.4, 0.5) is 4.79 Å². The van der Waals surface area contributed by atoms with E-state index in [9.17, 15) is 4.79 Å². The van der Waals surface area contributed by atoms with Crippen molar-refractivity contribution in [3.8, 4) is 5.75 Å². The lowest BCUT2D eigenvalue weighted by molar-refractivity contribution is 0.144. The van der Waals surface area contributed by atoms with Crippen molar-refractivity contribution in [2.75, 3.05) is 0 Å². The summed E-state index contributed by atoms with van der Waals surface area (Å²) in [5.74, 6) is 0.529. The maximum absolute atomic E-state index is 10.9. The van der Waals surface area contributed by atoms with E-state index in [1.165, 1.54) is 50.5 Å². The zero-order chi connectivity index (χ0) is 16.9. The lowest BCUT2D eigenvalue weighted by Crippen LogP contribution is -2.07. The normalized spacial score (nSPS) is 10.7. The standard InChI is InChI=1S/C20H32O3/c1-3-5-7-9-11-15-18-17(13-10-8-6-4-2)14-12-16-19(18)23-20(21)22/h12,14,16H,3-11,13,15H2,1-2H3,(H,21,22). The van der Waals surface area contributed by atoms with Gasteiger partial charge in [-0.15, -0.1) is 0 Å². The minimum Gasteiger partial charge on any atom is -0.449 e. The average Bonchev–Trinajstić information content (AvgIpc) is 2.52. The molecule has 3 nitrogen and oxygen atoms in total. The molecule has 0 bridgehead atoms. The van der Waals surface area contributed by atoms with E-state index in [4.69, 9.17) is 9.84 Å². The van der Waals surface area contributed by atoms with E-state index in [1.807, 2.05) is 6.07 Å². The number of aryl methyl sites for hydroxylation is 1. The van der Waals surface area contributed by atoms with Gasteiger partial charge >= 0.3 is 6.16 Å². The summed E-state index contributed by atoms with van der Waals surface area (Å²) in [6.45, 7) is 4.42. The first-order chi connectivity index (χ1) is 11.2. The molecule has 0 aliphatic heterocycles. The monoisotopic (exact) mass is 320 g/mol.